The number of carbonyl (C=O) groups is 4. The molecule has 6 heteroatoms. The van der Waals surface area contributed by atoms with Crippen molar-refractivity contribution in [3.05, 3.63) is 35.4 Å². The van der Waals surface area contributed by atoms with Crippen molar-refractivity contribution in [1.82, 2.24) is 0 Å². The zero-order valence-corrected chi connectivity index (χ0v) is 17.3. The Kier molecular flexibility index (Phi) is 10.6. The van der Waals surface area contributed by atoms with Crippen LogP contribution in [0.3, 0.4) is 0 Å². The van der Waals surface area contributed by atoms with Crippen molar-refractivity contribution < 1.29 is 28.7 Å². The topological polar surface area (TPSA) is 86.7 Å². The fourth-order valence-electron chi connectivity index (χ4n) is 3.01. The molecule has 1 rings (SSSR count). The summed E-state index contributed by atoms with van der Waals surface area (Å²) in [7, 11) is 2.44. The van der Waals surface area contributed by atoms with Gasteiger partial charge in [-0.25, -0.2) is 0 Å². The van der Waals surface area contributed by atoms with E-state index in [2.05, 4.69) is 11.8 Å². The predicted molar refractivity (Wildman–Crippen MR) is 111 cm³/mol. The van der Waals surface area contributed by atoms with Gasteiger partial charge in [0.2, 0.25) is 0 Å². The van der Waals surface area contributed by atoms with E-state index >= 15 is 0 Å². The smallest absolute Gasteiger partial charge is 0.316 e. The molecule has 0 amide bonds. The quantitative estimate of drug-likeness (QED) is 0.173. The molecule has 2 atom stereocenters. The molecule has 6 nitrogen and oxygen atoms in total. The van der Waals surface area contributed by atoms with Crippen molar-refractivity contribution in [2.75, 3.05) is 14.2 Å². The first kappa shape index (κ1) is 24.7. The Morgan fingerprint density at radius 2 is 1.10 bits per heavy atom. The van der Waals surface area contributed by atoms with Gasteiger partial charge < -0.3 is 9.47 Å². The van der Waals surface area contributed by atoms with Gasteiger partial charge in [-0.1, -0.05) is 24.3 Å². The van der Waals surface area contributed by atoms with Gasteiger partial charge in [0.1, 0.15) is 11.8 Å². The summed E-state index contributed by atoms with van der Waals surface area (Å²) in [6.07, 6.45) is 12.9. The molecule has 0 aliphatic carbocycles. The molecule has 2 unspecified atom stereocenters. The van der Waals surface area contributed by atoms with Crippen LogP contribution in [0.5, 0.6) is 0 Å². The van der Waals surface area contributed by atoms with Crippen LogP contribution in [-0.2, 0) is 19.1 Å². The maximum Gasteiger partial charge on any atom is 0.316 e. The van der Waals surface area contributed by atoms with Crippen molar-refractivity contribution in [1.29, 1.82) is 0 Å². The minimum Gasteiger partial charge on any atom is -0.468 e. The van der Waals surface area contributed by atoms with E-state index in [1.165, 1.54) is 38.5 Å². The number of terminal acetylenes is 2. The second-order valence-corrected chi connectivity index (χ2v) is 6.65. The van der Waals surface area contributed by atoms with Gasteiger partial charge in [0.25, 0.3) is 0 Å². The molecule has 0 heterocycles. The van der Waals surface area contributed by atoms with E-state index in [1.807, 2.05) is 0 Å². The molecular formula is C24H26O6. The number of hydrogen-bond acceptors (Lipinski definition) is 6. The summed E-state index contributed by atoms with van der Waals surface area (Å²) in [5, 5.41) is 0. The van der Waals surface area contributed by atoms with Crippen LogP contribution in [0.4, 0.5) is 0 Å². The monoisotopic (exact) mass is 410 g/mol. The SMILES string of the molecule is C#CCCCC(C(=O)OC)C(=O)c1ccc(C(=O)C(CCCC#C)C(=O)OC)cc1. The lowest BCUT2D eigenvalue weighted by Gasteiger charge is -2.15. The standard InChI is InChI=1S/C24H26O6/c1-5-7-9-11-19(23(27)29-3)21(25)17-13-15-18(16-14-17)22(26)20(24(28)30-4)12-10-8-6-2/h1-2,13-16,19-20H,7-12H2,3-4H3. The number of rotatable bonds is 12. The molecule has 158 valence electrons. The van der Waals surface area contributed by atoms with Gasteiger partial charge in [0.05, 0.1) is 14.2 Å². The molecular weight excluding hydrogens is 384 g/mol. The molecule has 0 aliphatic rings. The van der Waals surface area contributed by atoms with Crippen molar-refractivity contribution in [2.45, 2.75) is 38.5 Å². The number of ether oxygens (including phenoxy) is 2. The highest BCUT2D eigenvalue weighted by Crippen LogP contribution is 2.21. The molecule has 0 spiro atoms. The first-order valence-electron chi connectivity index (χ1n) is 9.62. The van der Waals surface area contributed by atoms with E-state index in [-0.39, 0.29) is 24.0 Å². The Morgan fingerprint density at radius 3 is 1.37 bits per heavy atom. The van der Waals surface area contributed by atoms with Crippen LogP contribution in [0, 0.1) is 36.5 Å². The second kappa shape index (κ2) is 13.0. The average molecular weight is 410 g/mol. The van der Waals surface area contributed by atoms with E-state index in [0.717, 1.165) is 0 Å². The summed E-state index contributed by atoms with van der Waals surface area (Å²) in [6, 6.07) is 5.84. The number of Topliss-reactive ketones (excluding diaryl/α,β-unsaturated/α-hetero) is 2. The number of unbranched alkanes of at least 4 members (excludes halogenated alkanes) is 2. The number of ketones is 2. The predicted octanol–water partition coefficient (Wildman–Crippen LogP) is 3.24. The minimum absolute atomic E-state index is 0.268. The molecule has 0 bridgehead atoms. The average Bonchev–Trinajstić information content (AvgIpc) is 2.78. The van der Waals surface area contributed by atoms with E-state index in [9.17, 15) is 19.2 Å². The zero-order valence-electron chi connectivity index (χ0n) is 17.3. The van der Waals surface area contributed by atoms with Gasteiger partial charge >= 0.3 is 11.9 Å². The maximum absolute atomic E-state index is 12.8. The van der Waals surface area contributed by atoms with Crippen LogP contribution in [0.2, 0.25) is 0 Å². The first-order valence-corrected chi connectivity index (χ1v) is 9.62. The molecule has 0 saturated heterocycles. The summed E-state index contributed by atoms with van der Waals surface area (Å²) >= 11 is 0. The summed E-state index contributed by atoms with van der Waals surface area (Å²) in [6.45, 7) is 0. The molecule has 1 aromatic carbocycles. The summed E-state index contributed by atoms with van der Waals surface area (Å²) in [5.74, 6) is 0.951. The molecule has 0 aliphatic heterocycles. The van der Waals surface area contributed by atoms with Crippen molar-refractivity contribution in [2.24, 2.45) is 11.8 Å². The Hall–Kier alpha value is -3.38. The van der Waals surface area contributed by atoms with Crippen LogP contribution in [0.15, 0.2) is 24.3 Å². The highest BCUT2D eigenvalue weighted by atomic mass is 16.5. The summed E-state index contributed by atoms with van der Waals surface area (Å²) in [5.41, 5.74) is 0.536. The third-order valence-electron chi connectivity index (χ3n) is 4.69. The zero-order chi connectivity index (χ0) is 22.5. The van der Waals surface area contributed by atoms with Crippen LogP contribution in [-0.4, -0.2) is 37.7 Å². The lowest BCUT2D eigenvalue weighted by molar-refractivity contribution is -0.144. The Balaban J connectivity index is 3.00. The Morgan fingerprint density at radius 1 is 0.767 bits per heavy atom. The molecule has 0 saturated carbocycles. The van der Waals surface area contributed by atoms with Crippen molar-refractivity contribution in [3.8, 4) is 24.7 Å². The number of carbonyl (C=O) groups excluding carboxylic acids is 4. The van der Waals surface area contributed by atoms with Gasteiger partial charge in [-0.3, -0.25) is 19.2 Å². The molecule has 1 aromatic rings. The minimum atomic E-state index is -0.962. The van der Waals surface area contributed by atoms with Crippen LogP contribution in [0.25, 0.3) is 0 Å². The largest absolute Gasteiger partial charge is 0.468 e. The Labute approximate surface area is 177 Å². The fourth-order valence-corrected chi connectivity index (χ4v) is 3.01. The second-order valence-electron chi connectivity index (χ2n) is 6.65. The normalized spacial score (nSPS) is 12.0. The summed E-state index contributed by atoms with van der Waals surface area (Å²) in [4.78, 5) is 49.5. The molecule has 0 N–H and O–H groups in total. The number of esters is 2. The lowest BCUT2D eigenvalue weighted by Crippen LogP contribution is -2.26. The third kappa shape index (κ3) is 6.90. The van der Waals surface area contributed by atoms with Gasteiger partial charge in [-0.2, -0.15) is 0 Å². The maximum atomic E-state index is 12.8. The number of hydrogen-bond donors (Lipinski definition) is 0. The van der Waals surface area contributed by atoms with Gasteiger partial charge in [-0.05, 0) is 25.7 Å². The lowest BCUT2D eigenvalue weighted by atomic mass is 9.89. The van der Waals surface area contributed by atoms with E-state index in [1.54, 1.807) is 0 Å². The van der Waals surface area contributed by atoms with Crippen molar-refractivity contribution >= 4 is 23.5 Å². The molecule has 0 fully saturated rings. The van der Waals surface area contributed by atoms with Crippen LogP contribution < -0.4 is 0 Å². The van der Waals surface area contributed by atoms with Gasteiger partial charge in [0, 0.05) is 24.0 Å². The summed E-state index contributed by atoms with van der Waals surface area (Å²) < 4.78 is 9.47. The van der Waals surface area contributed by atoms with Crippen molar-refractivity contribution in [3.63, 3.8) is 0 Å². The van der Waals surface area contributed by atoms with E-state index in [4.69, 9.17) is 22.3 Å². The van der Waals surface area contributed by atoms with Gasteiger partial charge in [0.15, 0.2) is 11.6 Å². The molecule has 0 radical (unpaired) electrons. The number of benzene rings is 1. The third-order valence-corrected chi connectivity index (χ3v) is 4.69. The highest BCUT2D eigenvalue weighted by molar-refractivity contribution is 6.11. The molecule has 0 aromatic heterocycles. The number of methoxy groups -OCH3 is 2. The fraction of sp³-hybridized carbons (Fsp3) is 0.417. The Bertz CT molecular complexity index is 767. The van der Waals surface area contributed by atoms with E-state index in [0.29, 0.717) is 25.7 Å². The highest BCUT2D eigenvalue weighted by Gasteiger charge is 2.30. The van der Waals surface area contributed by atoms with Gasteiger partial charge in [-0.15, -0.1) is 24.7 Å². The van der Waals surface area contributed by atoms with E-state index < -0.39 is 35.3 Å². The van der Waals surface area contributed by atoms with Crippen LogP contribution >= 0.6 is 0 Å². The molecule has 30 heavy (non-hydrogen) atoms. The first-order chi connectivity index (χ1) is 14.4. The van der Waals surface area contributed by atoms with Crippen LogP contribution in [0.1, 0.15) is 59.2 Å².